The van der Waals surface area contributed by atoms with Crippen molar-refractivity contribution in [2.75, 3.05) is 25.4 Å². The Morgan fingerprint density at radius 2 is 1.88 bits per heavy atom. The van der Waals surface area contributed by atoms with Gasteiger partial charge in [-0.15, -0.1) is 0 Å². The van der Waals surface area contributed by atoms with Crippen molar-refractivity contribution in [3.63, 3.8) is 0 Å². The molecule has 0 bridgehead atoms. The summed E-state index contributed by atoms with van der Waals surface area (Å²) < 4.78 is 12.1. The monoisotopic (exact) mass is 372 g/mol. The quantitative estimate of drug-likeness (QED) is 0.483. The Hall–Kier alpha value is -0.620. The summed E-state index contributed by atoms with van der Waals surface area (Å²) in [6, 6.07) is 1.46. The van der Waals surface area contributed by atoms with E-state index in [1.54, 1.807) is 0 Å². The highest BCUT2D eigenvalue weighted by Crippen LogP contribution is 2.22. The number of nitrogens with one attached hydrogen (secondary N) is 2. The molecule has 0 aromatic rings. The molecule has 0 spiro atoms. The molecule has 2 N–H and O–H groups in total. The van der Waals surface area contributed by atoms with Crippen LogP contribution in [0.1, 0.15) is 67.2 Å². The number of hydrogen-bond acceptors (Lipinski definition) is 3. The fourth-order valence-electron chi connectivity index (χ4n) is 3.65. The highest BCUT2D eigenvalue weighted by molar-refractivity contribution is 7.85. The van der Waals surface area contributed by atoms with Crippen molar-refractivity contribution in [3.05, 3.63) is 0 Å². The second-order valence-electron chi connectivity index (χ2n) is 7.49. The maximum absolute atomic E-state index is 12.1. The molecule has 0 heterocycles. The van der Waals surface area contributed by atoms with E-state index in [0.717, 1.165) is 57.0 Å². The minimum atomic E-state index is -0.682. The first-order valence-corrected chi connectivity index (χ1v) is 11.4. The topological polar surface area (TPSA) is 56.7 Å². The van der Waals surface area contributed by atoms with E-state index >= 15 is 0 Å². The fraction of sp³-hybridized carbons (Fsp3) is 0.947. The molecule has 25 heavy (non-hydrogen) atoms. The first kappa shape index (κ1) is 22.4. The van der Waals surface area contributed by atoms with Gasteiger partial charge >= 0.3 is 0 Å². The van der Waals surface area contributed by atoms with Gasteiger partial charge in [-0.2, -0.15) is 0 Å². The van der Waals surface area contributed by atoms with Crippen LogP contribution in [0, 0.1) is 0 Å². The molecule has 1 aliphatic carbocycles. The third kappa shape index (κ3) is 8.07. The van der Waals surface area contributed by atoms with Crippen molar-refractivity contribution in [1.82, 2.24) is 15.5 Å². The van der Waals surface area contributed by atoms with E-state index in [0.29, 0.717) is 23.4 Å². The van der Waals surface area contributed by atoms with Crippen molar-refractivity contribution in [3.8, 4) is 0 Å². The lowest BCUT2D eigenvalue weighted by atomic mass is 9.95. The first-order valence-electron chi connectivity index (χ1n) is 10.1. The van der Waals surface area contributed by atoms with Crippen LogP contribution in [-0.4, -0.2) is 63.8 Å². The molecule has 1 fully saturated rings. The van der Waals surface area contributed by atoms with E-state index in [-0.39, 0.29) is 0 Å². The molecule has 1 saturated carbocycles. The predicted molar refractivity (Wildman–Crippen MR) is 111 cm³/mol. The lowest BCUT2D eigenvalue weighted by Gasteiger charge is -2.31. The van der Waals surface area contributed by atoms with Gasteiger partial charge in [-0.1, -0.05) is 13.3 Å². The molecule has 148 valence electrons. The van der Waals surface area contributed by atoms with E-state index in [1.807, 2.05) is 6.92 Å². The molecular formula is C19H40N4OS. The maximum atomic E-state index is 12.1. The molecule has 0 radical (unpaired) electrons. The number of guanidine groups is 1. The molecule has 0 aromatic carbocycles. The highest BCUT2D eigenvalue weighted by Gasteiger charge is 2.26. The smallest absolute Gasteiger partial charge is 0.191 e. The molecule has 3 unspecified atom stereocenters. The van der Waals surface area contributed by atoms with E-state index < -0.39 is 10.8 Å². The molecule has 5 nitrogen and oxygen atoms in total. The largest absolute Gasteiger partial charge is 0.357 e. The predicted octanol–water partition coefficient (Wildman–Crippen LogP) is 2.74. The fourth-order valence-corrected chi connectivity index (χ4v) is 5.00. The normalized spacial score (nSPS) is 23.3. The van der Waals surface area contributed by atoms with E-state index in [4.69, 9.17) is 4.99 Å². The van der Waals surface area contributed by atoms with Crippen LogP contribution >= 0.6 is 0 Å². The van der Waals surface area contributed by atoms with Crippen LogP contribution < -0.4 is 10.6 Å². The highest BCUT2D eigenvalue weighted by atomic mass is 32.2. The van der Waals surface area contributed by atoms with Crippen LogP contribution in [0.2, 0.25) is 0 Å². The minimum absolute atomic E-state index is 0.344. The lowest BCUT2D eigenvalue weighted by molar-refractivity contribution is 0.181. The zero-order valence-electron chi connectivity index (χ0n) is 17.2. The second kappa shape index (κ2) is 11.9. The second-order valence-corrected chi connectivity index (χ2v) is 9.49. The average molecular weight is 373 g/mol. The molecule has 6 heteroatoms. The maximum Gasteiger partial charge on any atom is 0.191 e. The van der Waals surface area contributed by atoms with Gasteiger partial charge in [0.2, 0.25) is 0 Å². The summed E-state index contributed by atoms with van der Waals surface area (Å²) >= 11 is 0. The summed E-state index contributed by atoms with van der Waals surface area (Å²) in [5.41, 5.74) is 0. The molecule has 0 aromatic heterocycles. The third-order valence-corrected chi connectivity index (χ3v) is 6.66. The van der Waals surface area contributed by atoms with Gasteiger partial charge in [-0.05, 0) is 53.9 Å². The number of hydrogen-bond donors (Lipinski definition) is 2. The van der Waals surface area contributed by atoms with Crippen LogP contribution in [0.25, 0.3) is 0 Å². The van der Waals surface area contributed by atoms with E-state index in [1.165, 1.54) is 0 Å². The van der Waals surface area contributed by atoms with Crippen molar-refractivity contribution < 1.29 is 4.21 Å². The Kier molecular flexibility index (Phi) is 10.7. The van der Waals surface area contributed by atoms with E-state index in [2.05, 4.69) is 50.2 Å². The SMILES string of the molecule is CCNC(=NCCN(C(C)C)C(C)C)NC1CCCC(S(=O)CC)C1. The summed E-state index contributed by atoms with van der Waals surface area (Å²) in [5.74, 6) is 1.68. The number of rotatable bonds is 9. The van der Waals surface area contributed by atoms with Crippen LogP contribution in [0.3, 0.4) is 0 Å². The van der Waals surface area contributed by atoms with E-state index in [9.17, 15) is 4.21 Å². The van der Waals surface area contributed by atoms with Gasteiger partial charge in [0, 0.05) is 53.0 Å². The van der Waals surface area contributed by atoms with Crippen molar-refractivity contribution in [1.29, 1.82) is 0 Å². The van der Waals surface area contributed by atoms with Crippen molar-refractivity contribution >= 4 is 16.8 Å². The summed E-state index contributed by atoms with van der Waals surface area (Å²) in [6.45, 7) is 15.7. The Morgan fingerprint density at radius 1 is 1.20 bits per heavy atom. The third-order valence-electron chi connectivity index (χ3n) is 4.92. The summed E-state index contributed by atoms with van der Waals surface area (Å²) in [5, 5.41) is 7.29. The Bertz CT molecular complexity index is 418. The van der Waals surface area contributed by atoms with Gasteiger partial charge in [-0.3, -0.25) is 14.1 Å². The molecular weight excluding hydrogens is 332 g/mol. The molecule has 1 aliphatic rings. The zero-order chi connectivity index (χ0) is 18.8. The zero-order valence-corrected chi connectivity index (χ0v) is 18.0. The van der Waals surface area contributed by atoms with Crippen LogP contribution in [0.5, 0.6) is 0 Å². The van der Waals surface area contributed by atoms with Gasteiger partial charge in [0.1, 0.15) is 0 Å². The van der Waals surface area contributed by atoms with Gasteiger partial charge in [0.15, 0.2) is 5.96 Å². The molecule has 0 saturated heterocycles. The summed E-state index contributed by atoms with van der Waals surface area (Å²) in [4.78, 5) is 7.25. The van der Waals surface area contributed by atoms with Gasteiger partial charge in [0.25, 0.3) is 0 Å². The first-order chi connectivity index (χ1) is 11.9. The van der Waals surface area contributed by atoms with Crippen LogP contribution in [0.4, 0.5) is 0 Å². The Balaban J connectivity index is 2.59. The molecule has 1 rings (SSSR count). The lowest BCUT2D eigenvalue weighted by Crippen LogP contribution is -2.47. The molecule has 0 amide bonds. The van der Waals surface area contributed by atoms with Crippen LogP contribution in [-0.2, 0) is 10.8 Å². The molecule has 0 aliphatic heterocycles. The minimum Gasteiger partial charge on any atom is -0.357 e. The standard InChI is InChI=1S/C19H40N4OS/c1-7-20-19(21-12-13-23(15(3)4)16(5)6)22-17-10-9-11-18(14-17)25(24)8-2/h15-18H,7-14H2,1-6H3,(H2,20,21,22). The number of aliphatic imine (C=N–C) groups is 1. The van der Waals surface area contributed by atoms with Gasteiger partial charge in [0.05, 0.1) is 6.54 Å². The Labute approximate surface area is 157 Å². The summed E-state index contributed by atoms with van der Waals surface area (Å²) in [7, 11) is -0.682. The van der Waals surface area contributed by atoms with Crippen LogP contribution in [0.15, 0.2) is 4.99 Å². The average Bonchev–Trinajstić information content (AvgIpc) is 2.57. The number of nitrogens with zero attached hydrogens (tertiary/aromatic N) is 2. The van der Waals surface area contributed by atoms with Crippen molar-refractivity contribution in [2.24, 2.45) is 4.99 Å². The Morgan fingerprint density at radius 3 is 2.44 bits per heavy atom. The van der Waals surface area contributed by atoms with Gasteiger partial charge < -0.3 is 10.6 Å². The van der Waals surface area contributed by atoms with Gasteiger partial charge in [-0.25, -0.2) is 0 Å². The summed E-state index contributed by atoms with van der Waals surface area (Å²) in [6.07, 6.45) is 4.40. The molecule has 3 atom stereocenters. The van der Waals surface area contributed by atoms with Crippen molar-refractivity contribution in [2.45, 2.75) is 90.6 Å².